The third-order valence-corrected chi connectivity index (χ3v) is 3.72. The molecule has 2 aromatic heterocycles. The lowest BCUT2D eigenvalue weighted by Gasteiger charge is -2.06. The molecule has 1 N–H and O–H groups in total. The van der Waals surface area contributed by atoms with Crippen molar-refractivity contribution < 1.29 is 23.3 Å². The predicted octanol–water partition coefficient (Wildman–Crippen LogP) is 3.99. The summed E-state index contributed by atoms with van der Waals surface area (Å²) in [6.07, 6.45) is 2.69. The van der Waals surface area contributed by atoms with Gasteiger partial charge >= 0.3 is 5.97 Å². The zero-order valence-corrected chi connectivity index (χ0v) is 15.2. The molecule has 1 amide bonds. The van der Waals surface area contributed by atoms with E-state index in [9.17, 15) is 14.9 Å². The Kier molecular flexibility index (Phi) is 5.58. The lowest BCUT2D eigenvalue weighted by Crippen LogP contribution is -2.13. The Balaban J connectivity index is 1.75. The molecule has 0 radical (unpaired) electrons. The maximum absolute atomic E-state index is 12.2. The highest BCUT2D eigenvalue weighted by Gasteiger charge is 2.15. The van der Waals surface area contributed by atoms with E-state index in [-0.39, 0.29) is 27.9 Å². The Morgan fingerprint density at radius 3 is 2.75 bits per heavy atom. The molecular formula is C19H12ClN3O5. The topological polar surface area (TPSA) is 118 Å². The highest BCUT2D eigenvalue weighted by Crippen LogP contribution is 2.27. The van der Waals surface area contributed by atoms with Gasteiger partial charge in [0.05, 0.1) is 11.3 Å². The van der Waals surface area contributed by atoms with E-state index in [4.69, 9.17) is 25.3 Å². The van der Waals surface area contributed by atoms with Crippen LogP contribution < -0.4 is 10.1 Å². The van der Waals surface area contributed by atoms with E-state index in [0.717, 1.165) is 0 Å². The molecule has 3 rings (SSSR count). The van der Waals surface area contributed by atoms with E-state index in [1.54, 1.807) is 19.1 Å². The van der Waals surface area contributed by atoms with Crippen LogP contribution in [0.15, 0.2) is 57.2 Å². The number of nitrogens with one attached hydrogen (secondary N) is 1. The second-order valence-electron chi connectivity index (χ2n) is 5.50. The summed E-state index contributed by atoms with van der Waals surface area (Å²) in [5, 5.41) is 15.5. The quantitative estimate of drug-likeness (QED) is 0.299. The number of anilines is 1. The Hall–Kier alpha value is -3.83. The van der Waals surface area contributed by atoms with E-state index in [1.807, 2.05) is 6.07 Å². The molecule has 3 aromatic rings. The van der Waals surface area contributed by atoms with Crippen LogP contribution in [0.3, 0.4) is 0 Å². The van der Waals surface area contributed by atoms with Crippen molar-refractivity contribution in [2.75, 3.05) is 5.32 Å². The van der Waals surface area contributed by atoms with Crippen LogP contribution in [0.1, 0.15) is 21.9 Å². The zero-order chi connectivity index (χ0) is 20.1. The van der Waals surface area contributed by atoms with Gasteiger partial charge in [0.15, 0.2) is 5.82 Å². The number of carbonyl (C=O) groups is 2. The number of hydrogen-bond donors (Lipinski definition) is 1. The van der Waals surface area contributed by atoms with Crippen LogP contribution in [0.4, 0.5) is 5.82 Å². The van der Waals surface area contributed by atoms with Crippen molar-refractivity contribution in [2.24, 2.45) is 0 Å². The second kappa shape index (κ2) is 8.24. The first kappa shape index (κ1) is 18.9. The van der Waals surface area contributed by atoms with Gasteiger partial charge in [-0.1, -0.05) is 22.8 Å². The lowest BCUT2D eigenvalue weighted by molar-refractivity contribution is -0.112. The first-order valence-corrected chi connectivity index (χ1v) is 8.26. The van der Waals surface area contributed by atoms with Crippen LogP contribution in [-0.4, -0.2) is 17.0 Å². The highest BCUT2D eigenvalue weighted by molar-refractivity contribution is 6.32. The van der Waals surface area contributed by atoms with Gasteiger partial charge in [-0.2, -0.15) is 5.26 Å². The van der Waals surface area contributed by atoms with E-state index in [2.05, 4.69) is 10.5 Å². The molecule has 0 fully saturated rings. The van der Waals surface area contributed by atoms with Crippen molar-refractivity contribution in [3.8, 4) is 11.8 Å². The molecular weight excluding hydrogens is 386 g/mol. The van der Waals surface area contributed by atoms with Crippen molar-refractivity contribution in [3.63, 3.8) is 0 Å². The second-order valence-corrected chi connectivity index (χ2v) is 5.91. The number of aromatic nitrogens is 1. The standard InChI is InChI=1S/C19H12ClN3O5/c1-11-7-17(23-28-11)22-18(24)13(10-21)8-12-4-5-15(14(20)9-12)27-19(25)16-3-2-6-26-16/h2-9H,1H3,(H,22,23,24)/b13-8-. The number of benzene rings is 1. The van der Waals surface area contributed by atoms with E-state index in [0.29, 0.717) is 11.3 Å². The van der Waals surface area contributed by atoms with Gasteiger partial charge < -0.3 is 19.0 Å². The van der Waals surface area contributed by atoms with Gasteiger partial charge in [0.1, 0.15) is 23.2 Å². The molecule has 0 aliphatic rings. The van der Waals surface area contributed by atoms with E-state index in [1.165, 1.54) is 36.6 Å². The van der Waals surface area contributed by atoms with Gasteiger partial charge in [-0.25, -0.2) is 4.79 Å². The summed E-state index contributed by atoms with van der Waals surface area (Å²) >= 11 is 6.13. The Morgan fingerprint density at radius 1 is 1.32 bits per heavy atom. The molecule has 0 unspecified atom stereocenters. The maximum atomic E-state index is 12.2. The van der Waals surface area contributed by atoms with Gasteiger partial charge in [-0.05, 0) is 42.8 Å². The minimum atomic E-state index is -0.699. The fourth-order valence-electron chi connectivity index (χ4n) is 2.16. The monoisotopic (exact) mass is 397 g/mol. The largest absolute Gasteiger partial charge is 0.457 e. The summed E-state index contributed by atoms with van der Waals surface area (Å²) in [7, 11) is 0. The van der Waals surface area contributed by atoms with Crippen molar-refractivity contribution in [1.82, 2.24) is 5.16 Å². The van der Waals surface area contributed by atoms with Crippen LogP contribution in [0, 0.1) is 18.3 Å². The minimum Gasteiger partial charge on any atom is -0.457 e. The van der Waals surface area contributed by atoms with Crippen LogP contribution in [0.25, 0.3) is 6.08 Å². The smallest absolute Gasteiger partial charge is 0.379 e. The molecule has 0 saturated carbocycles. The molecule has 0 aliphatic heterocycles. The Labute approximate surface area is 163 Å². The van der Waals surface area contributed by atoms with Gasteiger partial charge in [-0.15, -0.1) is 0 Å². The maximum Gasteiger partial charge on any atom is 0.379 e. The number of carbonyl (C=O) groups excluding carboxylic acids is 2. The number of amides is 1. The fraction of sp³-hybridized carbons (Fsp3) is 0.0526. The number of ether oxygens (including phenoxy) is 1. The van der Waals surface area contributed by atoms with Crippen molar-refractivity contribution in [2.45, 2.75) is 6.92 Å². The average Bonchev–Trinajstić information content (AvgIpc) is 3.33. The number of esters is 1. The summed E-state index contributed by atoms with van der Waals surface area (Å²) < 4.78 is 15.0. The first-order chi connectivity index (χ1) is 13.5. The summed E-state index contributed by atoms with van der Waals surface area (Å²) in [6, 6.07) is 10.8. The molecule has 2 heterocycles. The number of rotatable bonds is 5. The lowest BCUT2D eigenvalue weighted by atomic mass is 10.1. The van der Waals surface area contributed by atoms with Crippen LogP contribution >= 0.6 is 11.6 Å². The number of hydrogen-bond acceptors (Lipinski definition) is 7. The molecule has 1 aromatic carbocycles. The third-order valence-electron chi connectivity index (χ3n) is 3.43. The van der Waals surface area contributed by atoms with Crippen LogP contribution in [-0.2, 0) is 4.79 Å². The SMILES string of the molecule is Cc1cc(NC(=O)/C(C#N)=C\c2ccc(OC(=O)c3ccco3)c(Cl)c2)no1. The Bertz CT molecular complexity index is 1090. The summed E-state index contributed by atoms with van der Waals surface area (Å²) in [5.74, 6) is -0.491. The molecule has 0 aliphatic carbocycles. The molecule has 140 valence electrons. The van der Waals surface area contributed by atoms with Gasteiger partial charge in [0.25, 0.3) is 5.91 Å². The number of aryl methyl sites for hydroxylation is 1. The van der Waals surface area contributed by atoms with Crippen molar-refractivity contribution in [3.05, 3.63) is 70.3 Å². The summed E-state index contributed by atoms with van der Waals surface area (Å²) in [6.45, 7) is 1.67. The van der Waals surface area contributed by atoms with Crippen LogP contribution in [0.2, 0.25) is 5.02 Å². The molecule has 0 bridgehead atoms. The van der Waals surface area contributed by atoms with Gasteiger partial charge in [0, 0.05) is 6.07 Å². The van der Waals surface area contributed by atoms with Crippen LogP contribution in [0.5, 0.6) is 5.75 Å². The zero-order valence-electron chi connectivity index (χ0n) is 14.4. The molecule has 9 heteroatoms. The molecule has 28 heavy (non-hydrogen) atoms. The van der Waals surface area contributed by atoms with Crippen molar-refractivity contribution >= 4 is 35.4 Å². The van der Waals surface area contributed by atoms with E-state index < -0.39 is 11.9 Å². The average molecular weight is 398 g/mol. The number of nitriles is 1. The first-order valence-electron chi connectivity index (χ1n) is 7.88. The Morgan fingerprint density at radius 2 is 2.14 bits per heavy atom. The fourth-order valence-corrected chi connectivity index (χ4v) is 2.39. The molecule has 0 spiro atoms. The number of furan rings is 1. The summed E-state index contributed by atoms with van der Waals surface area (Å²) in [4.78, 5) is 24.1. The predicted molar refractivity (Wildman–Crippen MR) is 98.6 cm³/mol. The highest BCUT2D eigenvalue weighted by atomic mass is 35.5. The normalized spacial score (nSPS) is 11.0. The summed E-state index contributed by atoms with van der Waals surface area (Å²) in [5.41, 5.74) is 0.294. The van der Waals surface area contributed by atoms with Crippen molar-refractivity contribution in [1.29, 1.82) is 5.26 Å². The third kappa shape index (κ3) is 4.47. The number of nitrogens with zero attached hydrogens (tertiary/aromatic N) is 2. The van der Waals surface area contributed by atoms with E-state index >= 15 is 0 Å². The molecule has 0 saturated heterocycles. The van der Waals surface area contributed by atoms with Gasteiger partial charge in [-0.3, -0.25) is 4.79 Å². The van der Waals surface area contributed by atoms with Gasteiger partial charge in [0.2, 0.25) is 5.76 Å². The number of halogens is 1. The minimum absolute atomic E-state index is 0.0339. The molecule has 8 nitrogen and oxygen atoms in total. The molecule has 0 atom stereocenters.